The van der Waals surface area contributed by atoms with Crippen molar-refractivity contribution in [1.82, 2.24) is 0 Å². The van der Waals surface area contributed by atoms with E-state index in [0.717, 1.165) is 16.9 Å². The summed E-state index contributed by atoms with van der Waals surface area (Å²) in [6.45, 7) is 3.51. The number of hydrogen-bond acceptors (Lipinski definition) is 4. The maximum atomic E-state index is 11.5. The molecular weight excluding hydrogens is 218 g/mol. The van der Waals surface area contributed by atoms with Crippen LogP contribution in [0.5, 0.6) is 5.75 Å². The van der Waals surface area contributed by atoms with Crippen molar-refractivity contribution in [2.75, 3.05) is 7.11 Å². The SMILES string of the molecule is COc1ccc(/C(C)=C2\N=C(C)OC2=O)cc1. The van der Waals surface area contributed by atoms with Crippen LogP contribution >= 0.6 is 0 Å². The Balaban J connectivity index is 2.39. The van der Waals surface area contributed by atoms with Gasteiger partial charge in [-0.25, -0.2) is 9.79 Å². The predicted molar refractivity (Wildman–Crippen MR) is 64.8 cm³/mol. The van der Waals surface area contributed by atoms with Crippen LogP contribution in [0.3, 0.4) is 0 Å². The summed E-state index contributed by atoms with van der Waals surface area (Å²) in [6.07, 6.45) is 0. The fourth-order valence-corrected chi connectivity index (χ4v) is 1.62. The fraction of sp³-hybridized carbons (Fsp3) is 0.231. The van der Waals surface area contributed by atoms with Gasteiger partial charge in [-0.1, -0.05) is 12.1 Å². The number of methoxy groups -OCH3 is 1. The predicted octanol–water partition coefficient (Wildman–Crippen LogP) is 2.40. The molecule has 0 saturated heterocycles. The molecule has 0 unspecified atom stereocenters. The van der Waals surface area contributed by atoms with Gasteiger partial charge < -0.3 is 9.47 Å². The van der Waals surface area contributed by atoms with E-state index in [-0.39, 0.29) is 0 Å². The Morgan fingerprint density at radius 1 is 1.29 bits per heavy atom. The third-order valence-electron chi connectivity index (χ3n) is 2.58. The second-order valence-electron chi connectivity index (χ2n) is 3.72. The number of carbonyl (C=O) groups is 1. The molecule has 17 heavy (non-hydrogen) atoms. The Morgan fingerprint density at radius 2 is 1.94 bits per heavy atom. The molecule has 0 bridgehead atoms. The monoisotopic (exact) mass is 231 g/mol. The molecule has 0 radical (unpaired) electrons. The average molecular weight is 231 g/mol. The summed E-state index contributed by atoms with van der Waals surface area (Å²) in [5.74, 6) is 0.772. The maximum Gasteiger partial charge on any atom is 0.363 e. The highest BCUT2D eigenvalue weighted by atomic mass is 16.6. The zero-order valence-corrected chi connectivity index (χ0v) is 9.98. The van der Waals surface area contributed by atoms with Crippen LogP contribution in [0, 0.1) is 0 Å². The third kappa shape index (κ3) is 2.20. The third-order valence-corrected chi connectivity index (χ3v) is 2.58. The number of hydrogen-bond donors (Lipinski definition) is 0. The topological polar surface area (TPSA) is 47.9 Å². The van der Waals surface area contributed by atoms with Crippen molar-refractivity contribution >= 4 is 17.4 Å². The van der Waals surface area contributed by atoms with Gasteiger partial charge in [0.05, 0.1) is 7.11 Å². The molecule has 0 N–H and O–H groups in total. The Morgan fingerprint density at radius 3 is 2.41 bits per heavy atom. The molecule has 0 aromatic heterocycles. The van der Waals surface area contributed by atoms with E-state index >= 15 is 0 Å². The number of rotatable bonds is 2. The lowest BCUT2D eigenvalue weighted by Gasteiger charge is -2.04. The average Bonchev–Trinajstić information content (AvgIpc) is 2.68. The zero-order chi connectivity index (χ0) is 12.4. The Kier molecular flexibility index (Phi) is 2.95. The molecule has 0 amide bonds. The minimum Gasteiger partial charge on any atom is -0.497 e. The van der Waals surface area contributed by atoms with Gasteiger partial charge in [0.1, 0.15) is 5.75 Å². The highest BCUT2D eigenvalue weighted by Gasteiger charge is 2.22. The first kappa shape index (κ1) is 11.4. The summed E-state index contributed by atoms with van der Waals surface area (Å²) >= 11 is 0. The Hall–Kier alpha value is -2.10. The quantitative estimate of drug-likeness (QED) is 0.580. The molecule has 0 atom stereocenters. The molecule has 1 heterocycles. The highest BCUT2D eigenvalue weighted by Crippen LogP contribution is 2.25. The van der Waals surface area contributed by atoms with Crippen molar-refractivity contribution in [3.8, 4) is 5.75 Å². The van der Waals surface area contributed by atoms with Gasteiger partial charge in [-0.2, -0.15) is 0 Å². The molecule has 1 aromatic carbocycles. The van der Waals surface area contributed by atoms with E-state index in [4.69, 9.17) is 9.47 Å². The lowest BCUT2D eigenvalue weighted by atomic mass is 10.1. The van der Waals surface area contributed by atoms with Crippen molar-refractivity contribution in [3.05, 3.63) is 35.5 Å². The number of ether oxygens (including phenoxy) is 2. The Labute approximate surface area is 99.6 Å². The maximum absolute atomic E-state index is 11.5. The molecule has 88 valence electrons. The van der Waals surface area contributed by atoms with Crippen molar-refractivity contribution < 1.29 is 14.3 Å². The van der Waals surface area contributed by atoms with Crippen molar-refractivity contribution in [2.45, 2.75) is 13.8 Å². The lowest BCUT2D eigenvalue weighted by molar-refractivity contribution is -0.130. The van der Waals surface area contributed by atoms with E-state index in [1.54, 1.807) is 14.0 Å². The largest absolute Gasteiger partial charge is 0.497 e. The van der Waals surface area contributed by atoms with Crippen LogP contribution in [0.15, 0.2) is 35.0 Å². The molecule has 0 fully saturated rings. The second-order valence-corrected chi connectivity index (χ2v) is 3.72. The van der Waals surface area contributed by atoms with Gasteiger partial charge in [-0.3, -0.25) is 0 Å². The van der Waals surface area contributed by atoms with Crippen LogP contribution in [-0.2, 0) is 9.53 Å². The molecule has 4 heteroatoms. The first-order valence-electron chi connectivity index (χ1n) is 5.24. The van der Waals surface area contributed by atoms with E-state index in [1.165, 1.54) is 0 Å². The first-order valence-corrected chi connectivity index (χ1v) is 5.24. The minimum atomic E-state index is -0.393. The first-order chi connectivity index (χ1) is 8.11. The van der Waals surface area contributed by atoms with Crippen LogP contribution < -0.4 is 4.74 Å². The molecule has 4 nitrogen and oxygen atoms in total. The van der Waals surface area contributed by atoms with Gasteiger partial charge in [0.25, 0.3) is 0 Å². The van der Waals surface area contributed by atoms with Crippen LogP contribution in [0.1, 0.15) is 19.4 Å². The van der Waals surface area contributed by atoms with Crippen molar-refractivity contribution in [1.29, 1.82) is 0 Å². The second kappa shape index (κ2) is 4.41. The summed E-state index contributed by atoms with van der Waals surface area (Å²) in [7, 11) is 1.61. The van der Waals surface area contributed by atoms with Gasteiger partial charge in [0, 0.05) is 6.92 Å². The van der Waals surface area contributed by atoms with Gasteiger partial charge in [-0.05, 0) is 30.2 Å². The number of esters is 1. The molecule has 0 saturated carbocycles. The number of allylic oxidation sites excluding steroid dienone is 1. The fourth-order valence-electron chi connectivity index (χ4n) is 1.62. The van der Waals surface area contributed by atoms with Crippen molar-refractivity contribution in [3.63, 3.8) is 0 Å². The number of benzene rings is 1. The summed E-state index contributed by atoms with van der Waals surface area (Å²) in [4.78, 5) is 15.6. The smallest absolute Gasteiger partial charge is 0.363 e. The van der Waals surface area contributed by atoms with E-state index in [0.29, 0.717) is 11.6 Å². The van der Waals surface area contributed by atoms with Crippen LogP contribution in [0.2, 0.25) is 0 Å². The van der Waals surface area contributed by atoms with E-state index in [2.05, 4.69) is 4.99 Å². The molecular formula is C13H13NO3. The van der Waals surface area contributed by atoms with Crippen LogP contribution in [0.25, 0.3) is 5.57 Å². The number of nitrogens with zero attached hydrogens (tertiary/aromatic N) is 1. The number of aliphatic imine (C=N–C) groups is 1. The van der Waals surface area contributed by atoms with Crippen LogP contribution in [0.4, 0.5) is 0 Å². The van der Waals surface area contributed by atoms with Crippen LogP contribution in [-0.4, -0.2) is 19.0 Å². The summed E-state index contributed by atoms with van der Waals surface area (Å²) in [5, 5.41) is 0. The van der Waals surface area contributed by atoms with Gasteiger partial charge >= 0.3 is 5.97 Å². The Bertz CT molecular complexity index is 512. The van der Waals surface area contributed by atoms with E-state index in [1.807, 2.05) is 31.2 Å². The van der Waals surface area contributed by atoms with Gasteiger partial charge in [0.2, 0.25) is 0 Å². The molecule has 1 aliphatic rings. The van der Waals surface area contributed by atoms with E-state index in [9.17, 15) is 4.79 Å². The minimum absolute atomic E-state index is 0.368. The van der Waals surface area contributed by atoms with E-state index < -0.39 is 5.97 Å². The molecule has 1 aromatic rings. The van der Waals surface area contributed by atoms with Gasteiger partial charge in [0.15, 0.2) is 11.6 Å². The zero-order valence-electron chi connectivity index (χ0n) is 9.98. The summed E-state index contributed by atoms with van der Waals surface area (Å²) < 4.78 is 9.97. The summed E-state index contributed by atoms with van der Waals surface area (Å²) in [6, 6.07) is 7.46. The normalized spacial score (nSPS) is 17.6. The molecule has 2 rings (SSSR count). The lowest BCUT2D eigenvalue weighted by Crippen LogP contribution is -2.01. The van der Waals surface area contributed by atoms with Crippen molar-refractivity contribution in [2.24, 2.45) is 4.99 Å². The molecule has 1 aliphatic heterocycles. The standard InChI is InChI=1S/C13H13NO3/c1-8(12-13(15)17-9(2)14-12)10-4-6-11(16-3)7-5-10/h4-7H,1-3H3/b12-8-. The summed E-state index contributed by atoms with van der Waals surface area (Å²) in [5.41, 5.74) is 2.10. The van der Waals surface area contributed by atoms with Gasteiger partial charge in [-0.15, -0.1) is 0 Å². The molecule has 0 aliphatic carbocycles. The highest BCUT2D eigenvalue weighted by molar-refractivity contribution is 6.08. The molecule has 0 spiro atoms. The number of cyclic esters (lactones) is 1. The number of carbonyl (C=O) groups excluding carboxylic acids is 1.